The molecule has 1 aromatic carbocycles. The number of carbonyl (C=O) groups is 4. The number of anilines is 1. The van der Waals surface area contributed by atoms with Gasteiger partial charge in [0.15, 0.2) is 0 Å². The quantitative estimate of drug-likeness (QED) is 0.531. The number of rotatable bonds is 5. The summed E-state index contributed by atoms with van der Waals surface area (Å²) >= 11 is 5.83. The maximum absolute atomic E-state index is 13.0. The lowest BCUT2D eigenvalue weighted by molar-refractivity contribution is -0.136. The van der Waals surface area contributed by atoms with E-state index >= 15 is 0 Å². The Hall–Kier alpha value is -2.45. The molecule has 0 bridgehead atoms. The van der Waals surface area contributed by atoms with E-state index in [0.717, 1.165) is 68.0 Å². The van der Waals surface area contributed by atoms with Crippen LogP contribution in [-0.4, -0.2) is 78.1 Å². The van der Waals surface area contributed by atoms with Crippen molar-refractivity contribution in [2.45, 2.75) is 31.7 Å². The second kappa shape index (κ2) is 8.48. The van der Waals surface area contributed by atoms with Crippen LogP contribution >= 0.6 is 11.6 Å². The highest BCUT2D eigenvalue weighted by Gasteiger charge is 2.45. The van der Waals surface area contributed by atoms with E-state index in [2.05, 4.69) is 15.1 Å². The fraction of sp³-hybridized carbons (Fsp3) is 0.565. The Labute approximate surface area is 191 Å². The van der Waals surface area contributed by atoms with Gasteiger partial charge in [-0.1, -0.05) is 0 Å². The van der Waals surface area contributed by atoms with Gasteiger partial charge in [-0.2, -0.15) is 0 Å². The van der Waals surface area contributed by atoms with E-state index in [1.165, 1.54) is 0 Å². The molecule has 4 amide bonds. The third kappa shape index (κ3) is 3.69. The molecule has 9 heteroatoms. The van der Waals surface area contributed by atoms with Crippen LogP contribution in [0, 0.1) is 11.8 Å². The molecule has 3 fully saturated rings. The third-order valence-corrected chi connectivity index (χ3v) is 7.55. The summed E-state index contributed by atoms with van der Waals surface area (Å²) in [6.45, 7) is 5.10. The molecule has 0 aliphatic carbocycles. The lowest BCUT2D eigenvalue weighted by Crippen LogP contribution is -2.54. The molecule has 1 atom stereocenters. The number of alkyl halides is 1. The predicted molar refractivity (Wildman–Crippen MR) is 119 cm³/mol. The van der Waals surface area contributed by atoms with Crippen LogP contribution in [0.25, 0.3) is 0 Å². The highest BCUT2D eigenvalue weighted by molar-refractivity contribution is 6.23. The molecular weight excluding hydrogens is 432 g/mol. The Bertz CT molecular complexity index is 969. The maximum Gasteiger partial charge on any atom is 0.262 e. The number of carbonyl (C=O) groups excluding carboxylic acids is 4. The number of amides is 4. The van der Waals surface area contributed by atoms with Gasteiger partial charge in [-0.25, -0.2) is 0 Å². The fourth-order valence-electron chi connectivity index (χ4n) is 5.49. The normalized spacial score (nSPS) is 25.2. The van der Waals surface area contributed by atoms with Gasteiger partial charge in [0, 0.05) is 50.7 Å². The minimum absolute atomic E-state index is 0.120. The number of hydrogen-bond acceptors (Lipinski definition) is 6. The largest absolute Gasteiger partial charge is 0.371 e. The minimum atomic E-state index is -0.930. The van der Waals surface area contributed by atoms with E-state index in [0.29, 0.717) is 17.0 Å². The third-order valence-electron chi connectivity index (χ3n) is 7.38. The van der Waals surface area contributed by atoms with Crippen LogP contribution in [0.4, 0.5) is 5.69 Å². The first kappa shape index (κ1) is 21.4. The van der Waals surface area contributed by atoms with E-state index in [9.17, 15) is 19.2 Å². The van der Waals surface area contributed by atoms with Crippen LogP contribution in [0.15, 0.2) is 18.2 Å². The average molecular weight is 459 g/mol. The van der Waals surface area contributed by atoms with Crippen molar-refractivity contribution in [3.05, 3.63) is 29.3 Å². The number of halogens is 1. The number of imide groups is 2. The Morgan fingerprint density at radius 3 is 2.34 bits per heavy atom. The molecule has 0 saturated carbocycles. The van der Waals surface area contributed by atoms with Crippen LogP contribution in [0.1, 0.15) is 46.4 Å². The molecule has 8 nitrogen and oxygen atoms in total. The van der Waals surface area contributed by atoms with E-state index in [4.69, 9.17) is 11.6 Å². The zero-order chi connectivity index (χ0) is 22.4. The SMILES string of the molecule is O=C1CCC(N2C(=O)c3ccc(N4CCC(C5CN(CCCl)C5)CC4)cc3C2=O)C(=O)N1. The van der Waals surface area contributed by atoms with Crippen molar-refractivity contribution in [2.75, 3.05) is 43.5 Å². The monoisotopic (exact) mass is 458 g/mol. The maximum atomic E-state index is 13.0. The molecule has 0 spiro atoms. The first-order chi connectivity index (χ1) is 15.5. The standard InChI is InChI=1S/C23H27ClN4O4/c24-7-10-26-12-15(13-26)14-5-8-27(9-6-14)16-1-2-17-18(11-16)23(32)28(22(17)31)19-3-4-20(29)25-21(19)30/h1-2,11,14-15,19H,3-10,12-13H2,(H,25,29,30). The van der Waals surface area contributed by atoms with E-state index in [1.54, 1.807) is 12.1 Å². The first-order valence-corrected chi connectivity index (χ1v) is 11.9. The Kier molecular flexibility index (Phi) is 5.67. The number of nitrogens with zero attached hydrogens (tertiary/aromatic N) is 3. The molecule has 0 radical (unpaired) electrons. The van der Waals surface area contributed by atoms with Gasteiger partial charge >= 0.3 is 0 Å². The van der Waals surface area contributed by atoms with Gasteiger partial charge in [-0.15, -0.1) is 11.6 Å². The van der Waals surface area contributed by atoms with Crippen LogP contribution in [0.5, 0.6) is 0 Å². The topological polar surface area (TPSA) is 90.0 Å². The molecular formula is C23H27ClN4O4. The summed E-state index contributed by atoms with van der Waals surface area (Å²) in [5, 5.41) is 2.23. The van der Waals surface area contributed by atoms with Crippen molar-refractivity contribution < 1.29 is 19.2 Å². The van der Waals surface area contributed by atoms with Crippen molar-refractivity contribution in [1.29, 1.82) is 0 Å². The van der Waals surface area contributed by atoms with E-state index in [-0.39, 0.29) is 18.7 Å². The summed E-state index contributed by atoms with van der Waals surface area (Å²) in [4.78, 5) is 55.3. The van der Waals surface area contributed by atoms with Gasteiger partial charge in [-0.05, 0) is 49.3 Å². The number of nitrogens with one attached hydrogen (secondary N) is 1. The molecule has 1 aromatic rings. The Morgan fingerprint density at radius 1 is 0.938 bits per heavy atom. The van der Waals surface area contributed by atoms with Crippen molar-refractivity contribution >= 4 is 40.9 Å². The van der Waals surface area contributed by atoms with Gasteiger partial charge in [0.25, 0.3) is 11.8 Å². The molecule has 4 heterocycles. The van der Waals surface area contributed by atoms with Crippen molar-refractivity contribution in [3.8, 4) is 0 Å². The second-order valence-corrected chi connectivity index (χ2v) is 9.59. The number of benzene rings is 1. The van der Waals surface area contributed by atoms with Crippen molar-refractivity contribution in [1.82, 2.24) is 15.1 Å². The average Bonchev–Trinajstić information content (AvgIpc) is 3.01. The zero-order valence-corrected chi connectivity index (χ0v) is 18.6. The number of hydrogen-bond donors (Lipinski definition) is 1. The highest BCUT2D eigenvalue weighted by Crippen LogP contribution is 2.35. The molecule has 1 N–H and O–H groups in total. The van der Waals surface area contributed by atoms with Gasteiger partial charge in [0.05, 0.1) is 11.1 Å². The Morgan fingerprint density at radius 2 is 1.66 bits per heavy atom. The molecule has 5 rings (SSSR count). The molecule has 32 heavy (non-hydrogen) atoms. The molecule has 1 unspecified atom stereocenters. The van der Waals surface area contributed by atoms with Crippen molar-refractivity contribution in [2.24, 2.45) is 11.8 Å². The second-order valence-electron chi connectivity index (χ2n) is 9.21. The summed E-state index contributed by atoms with van der Waals surface area (Å²) < 4.78 is 0. The molecule has 170 valence electrons. The highest BCUT2D eigenvalue weighted by atomic mass is 35.5. The summed E-state index contributed by atoms with van der Waals surface area (Å²) in [6, 6.07) is 4.44. The lowest BCUT2D eigenvalue weighted by Gasteiger charge is -2.46. The van der Waals surface area contributed by atoms with Gasteiger partial charge in [0.2, 0.25) is 11.8 Å². The first-order valence-electron chi connectivity index (χ1n) is 11.3. The summed E-state index contributed by atoms with van der Waals surface area (Å²) in [5.74, 6) is 0.286. The van der Waals surface area contributed by atoms with E-state index < -0.39 is 23.8 Å². The smallest absolute Gasteiger partial charge is 0.262 e. The van der Waals surface area contributed by atoms with Crippen LogP contribution in [0.2, 0.25) is 0 Å². The van der Waals surface area contributed by atoms with Gasteiger partial charge in [-0.3, -0.25) is 29.4 Å². The fourth-order valence-corrected chi connectivity index (χ4v) is 5.73. The van der Waals surface area contributed by atoms with Crippen LogP contribution in [0.3, 0.4) is 0 Å². The number of likely N-dealkylation sites (tertiary alicyclic amines) is 1. The summed E-state index contributed by atoms with van der Waals surface area (Å²) in [5.41, 5.74) is 1.60. The summed E-state index contributed by atoms with van der Waals surface area (Å²) in [7, 11) is 0. The van der Waals surface area contributed by atoms with Crippen molar-refractivity contribution in [3.63, 3.8) is 0 Å². The van der Waals surface area contributed by atoms with Crippen LogP contribution < -0.4 is 10.2 Å². The van der Waals surface area contributed by atoms with E-state index in [1.807, 2.05) is 6.07 Å². The Balaban J connectivity index is 1.25. The molecule has 0 aromatic heterocycles. The van der Waals surface area contributed by atoms with Gasteiger partial charge in [0.1, 0.15) is 6.04 Å². The lowest BCUT2D eigenvalue weighted by atomic mass is 9.79. The summed E-state index contributed by atoms with van der Waals surface area (Å²) in [6.07, 6.45) is 2.52. The minimum Gasteiger partial charge on any atom is -0.371 e. The number of piperidine rings is 2. The van der Waals surface area contributed by atoms with Gasteiger partial charge < -0.3 is 9.80 Å². The number of fused-ring (bicyclic) bond motifs is 1. The molecule has 4 aliphatic rings. The predicted octanol–water partition coefficient (Wildman–Crippen LogP) is 1.47. The van der Waals surface area contributed by atoms with Crippen LogP contribution in [-0.2, 0) is 9.59 Å². The zero-order valence-electron chi connectivity index (χ0n) is 17.9. The molecule has 4 aliphatic heterocycles. The molecule has 3 saturated heterocycles.